The molecule has 0 aliphatic heterocycles. The van der Waals surface area contributed by atoms with Gasteiger partial charge in [-0.05, 0) is 32.0 Å². The summed E-state index contributed by atoms with van der Waals surface area (Å²) in [5, 5.41) is 11.0. The highest BCUT2D eigenvalue weighted by Crippen LogP contribution is 2.33. The van der Waals surface area contributed by atoms with Gasteiger partial charge in [0.05, 0.1) is 29.4 Å². The van der Waals surface area contributed by atoms with Crippen molar-refractivity contribution in [3.63, 3.8) is 0 Å². The van der Waals surface area contributed by atoms with Crippen LogP contribution >= 0.6 is 11.6 Å². The molecule has 1 rings (SSSR count). The summed E-state index contributed by atoms with van der Waals surface area (Å²) >= 11 is 5.78. The number of alkyl halides is 3. The molecule has 0 saturated carbocycles. The van der Waals surface area contributed by atoms with Crippen LogP contribution < -0.4 is 5.32 Å². The Morgan fingerprint density at radius 2 is 1.91 bits per heavy atom. The molecule has 2 N–H and O–H groups in total. The van der Waals surface area contributed by atoms with Gasteiger partial charge in [0.15, 0.2) is 0 Å². The number of halogens is 4. The number of nitrogens with zero attached hydrogens (tertiary/aromatic N) is 1. The van der Waals surface area contributed by atoms with Crippen LogP contribution in [0.15, 0.2) is 18.2 Å². The summed E-state index contributed by atoms with van der Waals surface area (Å²) in [5.74, 6) is -1.76. The van der Waals surface area contributed by atoms with Crippen LogP contribution in [0.4, 0.5) is 18.9 Å². The average molecular weight is 353 g/mol. The van der Waals surface area contributed by atoms with Crippen LogP contribution in [0.3, 0.4) is 0 Å². The number of carbonyl (C=O) groups is 2. The summed E-state index contributed by atoms with van der Waals surface area (Å²) in [5.41, 5.74) is -1.12. The molecule has 0 aliphatic rings. The van der Waals surface area contributed by atoms with Gasteiger partial charge in [-0.2, -0.15) is 13.2 Å². The first-order valence-corrected chi connectivity index (χ1v) is 7.01. The molecule has 128 valence electrons. The van der Waals surface area contributed by atoms with Gasteiger partial charge in [-0.25, -0.2) is 0 Å². The largest absolute Gasteiger partial charge is 0.480 e. The van der Waals surface area contributed by atoms with E-state index in [0.29, 0.717) is 0 Å². The highest BCUT2D eigenvalue weighted by Gasteiger charge is 2.31. The molecular formula is C14H16ClF3N2O3. The normalized spacial score (nSPS) is 11.8. The summed E-state index contributed by atoms with van der Waals surface area (Å²) < 4.78 is 38.0. The maximum absolute atomic E-state index is 12.7. The second kappa shape index (κ2) is 7.65. The van der Waals surface area contributed by atoms with Gasteiger partial charge < -0.3 is 10.4 Å². The van der Waals surface area contributed by atoms with E-state index in [1.807, 2.05) is 0 Å². The second-order valence-electron chi connectivity index (χ2n) is 5.13. The highest BCUT2D eigenvalue weighted by atomic mass is 35.5. The number of hydrogen-bond acceptors (Lipinski definition) is 3. The fraction of sp³-hybridized carbons (Fsp3) is 0.429. The van der Waals surface area contributed by atoms with Crippen molar-refractivity contribution in [2.75, 3.05) is 18.4 Å². The molecule has 0 aromatic heterocycles. The van der Waals surface area contributed by atoms with Gasteiger partial charge in [-0.15, -0.1) is 0 Å². The first kappa shape index (κ1) is 19.2. The molecule has 1 amide bonds. The number of carboxylic acids is 1. The quantitative estimate of drug-likeness (QED) is 0.825. The monoisotopic (exact) mass is 352 g/mol. The number of rotatable bonds is 6. The minimum atomic E-state index is -4.56. The zero-order valence-corrected chi connectivity index (χ0v) is 13.2. The van der Waals surface area contributed by atoms with Crippen molar-refractivity contribution in [2.24, 2.45) is 0 Å². The number of anilines is 1. The third-order valence-corrected chi connectivity index (χ3v) is 3.31. The Hall–Kier alpha value is -1.80. The van der Waals surface area contributed by atoms with Gasteiger partial charge in [0, 0.05) is 6.04 Å². The molecule has 0 spiro atoms. The van der Waals surface area contributed by atoms with Crippen LogP contribution in [0.1, 0.15) is 19.4 Å². The van der Waals surface area contributed by atoms with Crippen molar-refractivity contribution in [3.05, 3.63) is 28.8 Å². The third-order valence-electron chi connectivity index (χ3n) is 2.98. The molecule has 23 heavy (non-hydrogen) atoms. The van der Waals surface area contributed by atoms with E-state index in [2.05, 4.69) is 5.32 Å². The molecule has 0 aliphatic carbocycles. The molecule has 0 radical (unpaired) electrons. The van der Waals surface area contributed by atoms with E-state index in [-0.39, 0.29) is 29.8 Å². The van der Waals surface area contributed by atoms with Gasteiger partial charge in [0.1, 0.15) is 0 Å². The van der Waals surface area contributed by atoms with Crippen molar-refractivity contribution < 1.29 is 27.9 Å². The lowest BCUT2D eigenvalue weighted by atomic mass is 10.2. The zero-order valence-electron chi connectivity index (χ0n) is 12.4. The molecular weight excluding hydrogens is 337 g/mol. The standard InChI is InChI=1S/C14H16ClF3N2O3/c1-8(2)20(7-13(22)23)6-12(21)19-11-5-9(14(16,17)18)3-4-10(11)15/h3-5,8H,6-7H2,1-2H3,(H,19,21)(H,22,23). The summed E-state index contributed by atoms with van der Waals surface area (Å²) in [6.45, 7) is 2.76. The predicted octanol–water partition coefficient (Wildman–Crippen LogP) is 3.09. The van der Waals surface area contributed by atoms with E-state index in [1.54, 1.807) is 13.8 Å². The highest BCUT2D eigenvalue weighted by molar-refractivity contribution is 6.33. The Balaban J connectivity index is 2.86. The van der Waals surface area contributed by atoms with Gasteiger partial charge >= 0.3 is 12.1 Å². The lowest BCUT2D eigenvalue weighted by molar-refractivity contribution is -0.139. The topological polar surface area (TPSA) is 69.6 Å². The predicted molar refractivity (Wildman–Crippen MR) is 79.4 cm³/mol. The van der Waals surface area contributed by atoms with Gasteiger partial charge in [-0.3, -0.25) is 14.5 Å². The Bertz CT molecular complexity index is 591. The van der Waals surface area contributed by atoms with Crippen molar-refractivity contribution in [1.82, 2.24) is 4.90 Å². The number of amides is 1. The van der Waals surface area contributed by atoms with Crippen molar-refractivity contribution in [2.45, 2.75) is 26.1 Å². The number of aliphatic carboxylic acids is 1. The molecule has 9 heteroatoms. The number of nitrogens with one attached hydrogen (secondary N) is 1. The molecule has 0 heterocycles. The zero-order chi connectivity index (χ0) is 17.8. The van der Waals surface area contributed by atoms with Crippen LogP contribution in [0, 0.1) is 0 Å². The van der Waals surface area contributed by atoms with Crippen molar-refractivity contribution >= 4 is 29.2 Å². The number of carbonyl (C=O) groups excluding carboxylic acids is 1. The van der Waals surface area contributed by atoms with Crippen molar-refractivity contribution in [1.29, 1.82) is 0 Å². The number of benzene rings is 1. The maximum Gasteiger partial charge on any atom is 0.416 e. The van der Waals surface area contributed by atoms with E-state index >= 15 is 0 Å². The van der Waals surface area contributed by atoms with E-state index < -0.39 is 23.6 Å². The van der Waals surface area contributed by atoms with E-state index in [0.717, 1.165) is 18.2 Å². The smallest absolute Gasteiger partial charge is 0.416 e. The molecule has 0 fully saturated rings. The average Bonchev–Trinajstić information content (AvgIpc) is 2.38. The maximum atomic E-state index is 12.7. The molecule has 5 nitrogen and oxygen atoms in total. The minimum Gasteiger partial charge on any atom is -0.480 e. The van der Waals surface area contributed by atoms with Gasteiger partial charge in [0.2, 0.25) is 5.91 Å². The fourth-order valence-electron chi connectivity index (χ4n) is 1.77. The first-order chi connectivity index (χ1) is 10.5. The summed E-state index contributed by atoms with van der Waals surface area (Å²) in [6, 6.07) is 2.35. The van der Waals surface area contributed by atoms with Crippen LogP contribution in [0.25, 0.3) is 0 Å². The molecule has 0 bridgehead atoms. The summed E-state index contributed by atoms with van der Waals surface area (Å²) in [6.07, 6.45) is -4.56. The first-order valence-electron chi connectivity index (χ1n) is 6.63. The summed E-state index contributed by atoms with van der Waals surface area (Å²) in [7, 11) is 0. The van der Waals surface area contributed by atoms with Crippen LogP contribution in [-0.2, 0) is 15.8 Å². The molecule has 1 aromatic rings. The van der Waals surface area contributed by atoms with Crippen molar-refractivity contribution in [3.8, 4) is 0 Å². The molecule has 0 unspecified atom stereocenters. The van der Waals surface area contributed by atoms with Gasteiger partial charge in [-0.1, -0.05) is 11.6 Å². The molecule has 0 atom stereocenters. The van der Waals surface area contributed by atoms with Crippen LogP contribution in [0.5, 0.6) is 0 Å². The second-order valence-corrected chi connectivity index (χ2v) is 5.54. The van der Waals surface area contributed by atoms with Gasteiger partial charge in [0.25, 0.3) is 0 Å². The Labute approximate surface area is 136 Å². The number of hydrogen-bond donors (Lipinski definition) is 2. The lowest BCUT2D eigenvalue weighted by Crippen LogP contribution is -2.41. The van der Waals surface area contributed by atoms with Crippen LogP contribution in [0.2, 0.25) is 5.02 Å². The third kappa shape index (κ3) is 6.07. The molecule has 0 saturated heterocycles. The minimum absolute atomic E-state index is 0.0410. The van der Waals surface area contributed by atoms with E-state index in [4.69, 9.17) is 16.7 Å². The number of carboxylic acid groups (broad SMARTS) is 1. The Kier molecular flexibility index (Phi) is 6.40. The summed E-state index contributed by atoms with van der Waals surface area (Å²) in [4.78, 5) is 24.0. The van der Waals surface area contributed by atoms with E-state index in [9.17, 15) is 22.8 Å². The fourth-order valence-corrected chi connectivity index (χ4v) is 1.93. The lowest BCUT2D eigenvalue weighted by Gasteiger charge is -2.23. The SMILES string of the molecule is CC(C)N(CC(=O)O)CC(=O)Nc1cc(C(F)(F)F)ccc1Cl. The Morgan fingerprint density at radius 3 is 2.39 bits per heavy atom. The Morgan fingerprint density at radius 1 is 1.30 bits per heavy atom. The van der Waals surface area contributed by atoms with E-state index in [1.165, 1.54) is 4.90 Å². The molecule has 1 aromatic carbocycles. The van der Waals surface area contributed by atoms with Crippen LogP contribution in [-0.4, -0.2) is 41.0 Å².